The van der Waals surface area contributed by atoms with Crippen LogP contribution in [0.3, 0.4) is 0 Å². The number of carbonyl (C=O) groups excluding carboxylic acids is 3. The van der Waals surface area contributed by atoms with Gasteiger partial charge in [0.2, 0.25) is 5.78 Å². The molecule has 0 aliphatic heterocycles. The van der Waals surface area contributed by atoms with E-state index in [1.54, 1.807) is 0 Å². The van der Waals surface area contributed by atoms with Gasteiger partial charge in [0.1, 0.15) is 11.4 Å². The maximum Gasteiger partial charge on any atom is 0.303 e. The van der Waals surface area contributed by atoms with Crippen molar-refractivity contribution in [2.45, 2.75) is 77.7 Å². The first-order chi connectivity index (χ1) is 13.1. The number of Topliss-reactive ketones (excluding diaryl/α,β-unsaturated/α-hetero) is 2. The number of rotatable bonds is 3. The summed E-state index contributed by atoms with van der Waals surface area (Å²) in [5.41, 5.74) is -0.954. The van der Waals surface area contributed by atoms with Gasteiger partial charge in [0, 0.05) is 24.7 Å². The van der Waals surface area contributed by atoms with Crippen molar-refractivity contribution in [2.75, 3.05) is 6.61 Å². The second-order valence-electron chi connectivity index (χ2n) is 9.99. The molecule has 0 bridgehead atoms. The molecule has 154 valence electrons. The summed E-state index contributed by atoms with van der Waals surface area (Å²) in [7, 11) is 0. The van der Waals surface area contributed by atoms with E-state index < -0.39 is 29.4 Å². The largest absolute Gasteiger partial charge is 0.458 e. The second-order valence-corrected chi connectivity index (χ2v) is 9.99. The van der Waals surface area contributed by atoms with E-state index in [2.05, 4.69) is 13.0 Å². The number of aliphatic hydroxyl groups is 1. The van der Waals surface area contributed by atoms with Crippen LogP contribution < -0.4 is 0 Å². The molecule has 5 nitrogen and oxygen atoms in total. The zero-order valence-electron chi connectivity index (χ0n) is 17.3. The molecule has 0 heterocycles. The normalized spacial score (nSPS) is 44.8. The number of carbonyl (C=O) groups is 3. The van der Waals surface area contributed by atoms with Gasteiger partial charge < -0.3 is 9.84 Å². The molecular formula is C23H32O5. The Labute approximate surface area is 166 Å². The minimum absolute atomic E-state index is 0.0109. The summed E-state index contributed by atoms with van der Waals surface area (Å²) >= 11 is 0. The van der Waals surface area contributed by atoms with Gasteiger partial charge >= 0.3 is 5.97 Å². The van der Waals surface area contributed by atoms with Crippen LogP contribution in [0.1, 0.15) is 72.1 Å². The zero-order valence-corrected chi connectivity index (χ0v) is 17.3. The van der Waals surface area contributed by atoms with Crippen LogP contribution in [0.25, 0.3) is 0 Å². The number of ketones is 2. The Balaban J connectivity index is 1.66. The van der Waals surface area contributed by atoms with Gasteiger partial charge in [0.15, 0.2) is 6.61 Å². The molecule has 0 unspecified atom stereocenters. The summed E-state index contributed by atoms with van der Waals surface area (Å²) in [6.45, 7) is 5.02. The standard InChI is InChI=1S/C23H32O5/c1-14(24)28-13-19(26)23(27)11-9-17-16-8-7-15-6-4-5-10-21(15,2)20(16)18(25)12-22(17,23)3/h6,16-17,20,27H,4-5,7-13H2,1-3H3/t16-,17-,20+,21-,22-,23-/m0/s1. The van der Waals surface area contributed by atoms with Crippen molar-refractivity contribution in [2.24, 2.45) is 28.6 Å². The zero-order chi connectivity index (χ0) is 20.3. The fourth-order valence-corrected chi connectivity index (χ4v) is 7.33. The Morgan fingerprint density at radius 1 is 1.25 bits per heavy atom. The first-order valence-electron chi connectivity index (χ1n) is 10.7. The van der Waals surface area contributed by atoms with Crippen LogP contribution in [0.4, 0.5) is 0 Å². The van der Waals surface area contributed by atoms with Crippen LogP contribution in [-0.2, 0) is 19.1 Å². The number of ether oxygens (including phenoxy) is 1. The number of hydrogen-bond donors (Lipinski definition) is 1. The van der Waals surface area contributed by atoms with Crippen molar-refractivity contribution in [3.63, 3.8) is 0 Å². The van der Waals surface area contributed by atoms with Crippen molar-refractivity contribution < 1.29 is 24.2 Å². The summed E-state index contributed by atoms with van der Waals surface area (Å²) in [6, 6.07) is 0. The molecule has 0 amide bonds. The maximum absolute atomic E-state index is 13.5. The molecule has 3 saturated carbocycles. The smallest absolute Gasteiger partial charge is 0.303 e. The van der Waals surface area contributed by atoms with Crippen molar-refractivity contribution in [1.29, 1.82) is 0 Å². The lowest BCUT2D eigenvalue weighted by atomic mass is 9.46. The lowest BCUT2D eigenvalue weighted by molar-refractivity contribution is -0.173. The van der Waals surface area contributed by atoms with E-state index >= 15 is 0 Å². The molecule has 5 heteroatoms. The third kappa shape index (κ3) is 2.58. The average Bonchev–Trinajstić information content (AvgIpc) is 2.90. The summed E-state index contributed by atoms with van der Waals surface area (Å²) in [5, 5.41) is 11.4. The first kappa shape index (κ1) is 19.8. The van der Waals surface area contributed by atoms with Gasteiger partial charge in [0.25, 0.3) is 0 Å². The maximum atomic E-state index is 13.5. The molecule has 0 aromatic heterocycles. The summed E-state index contributed by atoms with van der Waals surface area (Å²) in [5.74, 6) is -0.396. The third-order valence-corrected chi connectivity index (χ3v) is 8.74. The van der Waals surface area contributed by atoms with Gasteiger partial charge in [-0.3, -0.25) is 14.4 Å². The fraction of sp³-hybridized carbons (Fsp3) is 0.783. The van der Waals surface area contributed by atoms with E-state index in [-0.39, 0.29) is 35.4 Å². The van der Waals surface area contributed by atoms with Gasteiger partial charge in [-0.2, -0.15) is 0 Å². The van der Waals surface area contributed by atoms with E-state index in [0.29, 0.717) is 6.42 Å². The molecule has 0 spiro atoms. The molecule has 4 rings (SSSR count). The van der Waals surface area contributed by atoms with Crippen LogP contribution in [0.2, 0.25) is 0 Å². The molecule has 3 fully saturated rings. The van der Waals surface area contributed by atoms with Gasteiger partial charge in [0.05, 0.1) is 0 Å². The Kier molecular flexibility index (Phi) is 4.61. The highest BCUT2D eigenvalue weighted by atomic mass is 16.5. The molecule has 28 heavy (non-hydrogen) atoms. The first-order valence-corrected chi connectivity index (χ1v) is 10.7. The molecule has 6 atom stereocenters. The van der Waals surface area contributed by atoms with Crippen molar-refractivity contribution in [1.82, 2.24) is 0 Å². The quantitative estimate of drug-likeness (QED) is 0.592. The summed E-state index contributed by atoms with van der Waals surface area (Å²) in [4.78, 5) is 37.4. The average molecular weight is 389 g/mol. The SMILES string of the molecule is CC(=O)OCC(=O)[C@@]1(O)CC[C@H]2[C@@H]3CCC4=CCCC[C@]4(C)[C@H]3C(=O)C[C@@]21C. The fourth-order valence-electron chi connectivity index (χ4n) is 7.33. The van der Waals surface area contributed by atoms with E-state index in [4.69, 9.17) is 4.74 Å². The lowest BCUT2D eigenvalue weighted by Gasteiger charge is -2.57. The number of fused-ring (bicyclic) bond motifs is 5. The molecule has 4 aliphatic carbocycles. The van der Waals surface area contributed by atoms with E-state index in [9.17, 15) is 19.5 Å². The van der Waals surface area contributed by atoms with Crippen LogP contribution in [-0.4, -0.2) is 34.9 Å². The van der Waals surface area contributed by atoms with Crippen molar-refractivity contribution in [3.05, 3.63) is 11.6 Å². The molecule has 4 aliphatic rings. The number of hydrogen-bond acceptors (Lipinski definition) is 5. The highest BCUT2D eigenvalue weighted by Crippen LogP contribution is 2.66. The molecule has 0 saturated heterocycles. The highest BCUT2D eigenvalue weighted by molar-refractivity contribution is 5.93. The van der Waals surface area contributed by atoms with Crippen LogP contribution in [0.5, 0.6) is 0 Å². The van der Waals surface area contributed by atoms with Gasteiger partial charge in [-0.05, 0) is 62.2 Å². The number of esters is 1. The van der Waals surface area contributed by atoms with E-state index in [1.807, 2.05) is 6.92 Å². The van der Waals surface area contributed by atoms with Crippen LogP contribution in [0.15, 0.2) is 11.6 Å². The van der Waals surface area contributed by atoms with Crippen LogP contribution >= 0.6 is 0 Å². The Hall–Kier alpha value is -1.49. The van der Waals surface area contributed by atoms with Crippen molar-refractivity contribution in [3.8, 4) is 0 Å². The Bertz CT molecular complexity index is 754. The molecule has 0 radical (unpaired) electrons. The predicted octanol–water partition coefficient (Wildman–Crippen LogP) is 3.38. The Morgan fingerprint density at radius 3 is 2.71 bits per heavy atom. The minimum atomic E-state index is -1.59. The third-order valence-electron chi connectivity index (χ3n) is 8.74. The predicted molar refractivity (Wildman–Crippen MR) is 103 cm³/mol. The molecule has 1 N–H and O–H groups in total. The van der Waals surface area contributed by atoms with Crippen molar-refractivity contribution >= 4 is 17.5 Å². The monoisotopic (exact) mass is 388 g/mol. The number of allylic oxidation sites excluding steroid dienone is 2. The summed E-state index contributed by atoms with van der Waals surface area (Å²) in [6.07, 6.45) is 8.99. The molecular weight excluding hydrogens is 356 g/mol. The lowest BCUT2D eigenvalue weighted by Crippen LogP contribution is -2.60. The van der Waals surface area contributed by atoms with Gasteiger partial charge in [-0.15, -0.1) is 0 Å². The second kappa shape index (κ2) is 6.51. The molecule has 0 aromatic carbocycles. The topological polar surface area (TPSA) is 80.7 Å². The van der Waals surface area contributed by atoms with E-state index in [1.165, 1.54) is 12.5 Å². The molecule has 0 aromatic rings. The highest BCUT2D eigenvalue weighted by Gasteiger charge is 2.68. The van der Waals surface area contributed by atoms with Gasteiger partial charge in [-0.1, -0.05) is 25.5 Å². The van der Waals surface area contributed by atoms with Gasteiger partial charge in [-0.25, -0.2) is 0 Å². The summed E-state index contributed by atoms with van der Waals surface area (Å²) < 4.78 is 4.89. The Morgan fingerprint density at radius 2 is 2.00 bits per heavy atom. The van der Waals surface area contributed by atoms with E-state index in [0.717, 1.165) is 38.5 Å². The minimum Gasteiger partial charge on any atom is -0.458 e. The van der Waals surface area contributed by atoms with Crippen LogP contribution in [0, 0.1) is 28.6 Å².